The smallest absolute Gasteiger partial charge is 0.343 e. The summed E-state index contributed by atoms with van der Waals surface area (Å²) in [6, 6.07) is 14.8. The minimum Gasteiger partial charge on any atom is -0.453 e. The fourth-order valence-electron chi connectivity index (χ4n) is 3.23. The van der Waals surface area contributed by atoms with E-state index in [0.717, 1.165) is 0 Å². The van der Waals surface area contributed by atoms with Crippen molar-refractivity contribution in [2.24, 2.45) is 0 Å². The van der Waals surface area contributed by atoms with Crippen molar-refractivity contribution in [1.29, 1.82) is 0 Å². The van der Waals surface area contributed by atoms with Crippen LogP contribution in [0.2, 0.25) is 0 Å². The van der Waals surface area contributed by atoms with Gasteiger partial charge in [-0.2, -0.15) is 0 Å². The average molecular weight is 364 g/mol. The molecule has 0 amide bonds. The lowest BCUT2D eigenvalue weighted by molar-refractivity contribution is -0.0164. The molecule has 0 spiro atoms. The van der Waals surface area contributed by atoms with E-state index in [-0.39, 0.29) is 6.61 Å². The van der Waals surface area contributed by atoms with Crippen molar-refractivity contribution >= 4 is 19.8 Å². The van der Waals surface area contributed by atoms with E-state index in [1.54, 1.807) is 36.4 Å². The van der Waals surface area contributed by atoms with Crippen LogP contribution in [-0.4, -0.2) is 50.7 Å². The highest BCUT2D eigenvalue weighted by atomic mass is 16.6. The van der Waals surface area contributed by atoms with Gasteiger partial charge in [-0.25, -0.2) is 9.59 Å². The molecule has 0 saturated carbocycles. The number of carbonyl (C=O) groups excluding carboxylic acids is 2. The van der Waals surface area contributed by atoms with E-state index < -0.39 is 29.6 Å². The van der Waals surface area contributed by atoms with Crippen LogP contribution < -0.4 is 4.74 Å². The number of carbonyl (C=O) groups is 2. The fraction of sp³-hybridized carbons (Fsp3) is 0.300. The first-order valence-corrected chi connectivity index (χ1v) is 8.68. The molecule has 6 nitrogen and oxygen atoms in total. The maximum Gasteiger partial charge on any atom is 0.343 e. The zero-order valence-corrected chi connectivity index (χ0v) is 14.5. The summed E-state index contributed by atoms with van der Waals surface area (Å²) in [5.74, 6) is -0.638. The van der Waals surface area contributed by atoms with E-state index in [4.69, 9.17) is 26.8 Å². The topological polar surface area (TPSA) is 71.1 Å². The SMILES string of the molecule is [B][C@@]12CCO[C@@H]1C(OC(=O)c1ccc(OC(=O)c3ccccc3)cc1)CO2. The molecule has 0 N–H and O–H groups in total. The highest BCUT2D eigenvalue weighted by Crippen LogP contribution is 2.36. The first kappa shape index (κ1) is 17.8. The Morgan fingerprint density at radius 2 is 1.70 bits per heavy atom. The Hall–Kier alpha value is -2.64. The van der Waals surface area contributed by atoms with Crippen molar-refractivity contribution < 1.29 is 28.5 Å². The molecule has 136 valence electrons. The van der Waals surface area contributed by atoms with Gasteiger partial charge < -0.3 is 18.9 Å². The number of ether oxygens (including phenoxy) is 4. The lowest BCUT2D eigenvalue weighted by Gasteiger charge is -2.23. The van der Waals surface area contributed by atoms with Crippen molar-refractivity contribution in [3.63, 3.8) is 0 Å². The number of hydrogen-bond acceptors (Lipinski definition) is 6. The Kier molecular flexibility index (Phi) is 4.72. The molecule has 3 atom stereocenters. The minimum absolute atomic E-state index is 0.208. The Morgan fingerprint density at radius 1 is 1.00 bits per heavy atom. The maximum atomic E-state index is 12.4. The molecule has 2 aromatic rings. The van der Waals surface area contributed by atoms with Crippen molar-refractivity contribution in [1.82, 2.24) is 0 Å². The number of benzene rings is 2. The van der Waals surface area contributed by atoms with E-state index in [0.29, 0.717) is 29.9 Å². The molecule has 1 unspecified atom stereocenters. The molecule has 0 bridgehead atoms. The summed E-state index contributed by atoms with van der Waals surface area (Å²) in [7, 11) is 6.10. The molecular weight excluding hydrogens is 347 g/mol. The highest BCUT2D eigenvalue weighted by molar-refractivity contribution is 6.15. The van der Waals surface area contributed by atoms with Gasteiger partial charge in [0.05, 0.1) is 23.2 Å². The summed E-state index contributed by atoms with van der Waals surface area (Å²) in [5.41, 5.74) is -0.0912. The molecule has 2 aliphatic heterocycles. The van der Waals surface area contributed by atoms with E-state index in [9.17, 15) is 9.59 Å². The lowest BCUT2D eigenvalue weighted by atomic mass is 9.76. The van der Waals surface area contributed by atoms with Crippen molar-refractivity contribution in [2.45, 2.75) is 24.1 Å². The van der Waals surface area contributed by atoms with Gasteiger partial charge in [0.2, 0.25) is 0 Å². The third-order valence-electron chi connectivity index (χ3n) is 4.69. The van der Waals surface area contributed by atoms with Gasteiger partial charge in [-0.3, -0.25) is 0 Å². The molecule has 2 saturated heterocycles. The normalized spacial score (nSPS) is 26.4. The molecule has 2 aliphatic rings. The Balaban J connectivity index is 1.37. The zero-order chi connectivity index (χ0) is 18.9. The molecular formula is C20H17BO6. The number of rotatable bonds is 4. The standard InChI is InChI=1S/C20H17BO6/c21-20-10-11-24-17(20)16(12-25-20)27-19(23)14-6-8-15(9-7-14)26-18(22)13-4-2-1-3-5-13/h1-9,16-17H,10-12H2/t16?,17-,20-/m1/s1. The van der Waals surface area contributed by atoms with Gasteiger partial charge in [0, 0.05) is 6.61 Å². The van der Waals surface area contributed by atoms with Crippen LogP contribution in [0.1, 0.15) is 27.1 Å². The second-order valence-corrected chi connectivity index (χ2v) is 6.53. The van der Waals surface area contributed by atoms with E-state index in [1.165, 1.54) is 12.1 Å². The van der Waals surface area contributed by atoms with Crippen LogP contribution in [0.5, 0.6) is 5.75 Å². The predicted octanol–water partition coefficient (Wildman–Crippen LogP) is 2.12. The van der Waals surface area contributed by atoms with Gasteiger partial charge in [-0.05, 0) is 42.8 Å². The van der Waals surface area contributed by atoms with Crippen LogP contribution in [0, 0.1) is 0 Å². The maximum absolute atomic E-state index is 12.4. The minimum atomic E-state index is -0.875. The summed E-state index contributed by atoms with van der Waals surface area (Å²) in [6.07, 6.45) is -0.416. The lowest BCUT2D eigenvalue weighted by Crippen LogP contribution is -2.41. The molecule has 2 heterocycles. The zero-order valence-electron chi connectivity index (χ0n) is 14.5. The van der Waals surface area contributed by atoms with E-state index >= 15 is 0 Å². The van der Waals surface area contributed by atoms with Crippen LogP contribution in [0.15, 0.2) is 54.6 Å². The summed E-state index contributed by atoms with van der Waals surface area (Å²) in [5, 5.41) is 0. The first-order valence-electron chi connectivity index (χ1n) is 8.68. The average Bonchev–Trinajstić information content (AvgIpc) is 3.21. The molecule has 2 fully saturated rings. The predicted molar refractivity (Wildman–Crippen MR) is 95.8 cm³/mol. The van der Waals surface area contributed by atoms with Crippen LogP contribution >= 0.6 is 0 Å². The molecule has 27 heavy (non-hydrogen) atoms. The van der Waals surface area contributed by atoms with E-state index in [2.05, 4.69) is 0 Å². The second-order valence-electron chi connectivity index (χ2n) is 6.53. The summed E-state index contributed by atoms with van der Waals surface area (Å²) in [6.45, 7) is 0.691. The van der Waals surface area contributed by atoms with Crippen LogP contribution in [0.4, 0.5) is 0 Å². The largest absolute Gasteiger partial charge is 0.453 e. The van der Waals surface area contributed by atoms with Crippen molar-refractivity contribution in [3.8, 4) is 5.75 Å². The van der Waals surface area contributed by atoms with Crippen LogP contribution in [0.25, 0.3) is 0 Å². The first-order chi connectivity index (χ1) is 13.0. The van der Waals surface area contributed by atoms with Crippen molar-refractivity contribution in [3.05, 3.63) is 65.7 Å². The quantitative estimate of drug-likeness (QED) is 0.470. The van der Waals surface area contributed by atoms with Gasteiger partial charge in [0.1, 0.15) is 19.7 Å². The molecule has 4 rings (SSSR count). The Morgan fingerprint density at radius 3 is 2.44 bits per heavy atom. The monoisotopic (exact) mass is 364 g/mol. The Bertz CT molecular complexity index is 837. The number of hydrogen-bond donors (Lipinski definition) is 0. The van der Waals surface area contributed by atoms with Gasteiger partial charge in [0.15, 0.2) is 6.10 Å². The van der Waals surface area contributed by atoms with Gasteiger partial charge in [-0.15, -0.1) is 0 Å². The molecule has 2 radical (unpaired) electrons. The second kappa shape index (κ2) is 7.17. The van der Waals surface area contributed by atoms with Crippen LogP contribution in [0.3, 0.4) is 0 Å². The molecule has 0 aliphatic carbocycles. The molecule has 0 aromatic heterocycles. The summed E-state index contributed by atoms with van der Waals surface area (Å²) >= 11 is 0. The Labute approximate surface area is 157 Å². The van der Waals surface area contributed by atoms with E-state index in [1.807, 2.05) is 6.07 Å². The molecule has 7 heteroatoms. The van der Waals surface area contributed by atoms with Gasteiger partial charge in [0.25, 0.3) is 0 Å². The number of esters is 2. The van der Waals surface area contributed by atoms with Crippen molar-refractivity contribution in [2.75, 3.05) is 13.2 Å². The molecule has 2 aromatic carbocycles. The highest BCUT2D eigenvalue weighted by Gasteiger charge is 2.52. The number of fused-ring (bicyclic) bond motifs is 1. The summed E-state index contributed by atoms with van der Waals surface area (Å²) in [4.78, 5) is 24.4. The summed E-state index contributed by atoms with van der Waals surface area (Å²) < 4.78 is 21.9. The van der Waals surface area contributed by atoms with Gasteiger partial charge >= 0.3 is 11.9 Å². The third-order valence-corrected chi connectivity index (χ3v) is 4.69. The van der Waals surface area contributed by atoms with Crippen LogP contribution in [-0.2, 0) is 14.2 Å². The fourth-order valence-corrected chi connectivity index (χ4v) is 3.23. The van der Waals surface area contributed by atoms with Gasteiger partial charge in [-0.1, -0.05) is 18.2 Å². The third kappa shape index (κ3) is 3.61.